The van der Waals surface area contributed by atoms with E-state index in [0.717, 1.165) is 11.4 Å². The van der Waals surface area contributed by atoms with Crippen LogP contribution < -0.4 is 5.32 Å². The molecule has 1 aromatic heterocycles. The van der Waals surface area contributed by atoms with Crippen LogP contribution in [0.1, 0.15) is 12.0 Å². The molecule has 1 aromatic carbocycles. The molecule has 108 valence electrons. The number of aromatic nitrogens is 4. The van der Waals surface area contributed by atoms with Crippen LogP contribution in [0.25, 0.3) is 5.69 Å². The highest BCUT2D eigenvalue weighted by Crippen LogP contribution is 2.14. The van der Waals surface area contributed by atoms with Crippen molar-refractivity contribution in [2.24, 2.45) is 0 Å². The Morgan fingerprint density at radius 1 is 1.35 bits per heavy atom. The summed E-state index contributed by atoms with van der Waals surface area (Å²) in [4.78, 5) is 0. The quantitative estimate of drug-likeness (QED) is 0.805. The minimum atomic E-state index is 0.143. The summed E-state index contributed by atoms with van der Waals surface area (Å²) in [7, 11) is 0. The van der Waals surface area contributed by atoms with Crippen LogP contribution in [0.5, 0.6) is 0 Å². The number of aliphatic hydroxyl groups excluding tert-OH is 1. The molecular weight excluding hydrogens is 274 g/mol. The molecule has 20 heavy (non-hydrogen) atoms. The van der Waals surface area contributed by atoms with Gasteiger partial charge in [-0.2, -0.15) is 16.4 Å². The summed E-state index contributed by atoms with van der Waals surface area (Å²) in [5.74, 6) is 1.49. The zero-order chi connectivity index (χ0) is 14.4. The Labute approximate surface area is 122 Å². The SMILES string of the molecule is CSC[C@H](CCO)Nc1nnnn1-c1ccc(C)cc1. The van der Waals surface area contributed by atoms with Gasteiger partial charge < -0.3 is 10.4 Å². The Hall–Kier alpha value is -1.60. The van der Waals surface area contributed by atoms with E-state index in [1.54, 1.807) is 16.4 Å². The van der Waals surface area contributed by atoms with Gasteiger partial charge >= 0.3 is 0 Å². The summed E-state index contributed by atoms with van der Waals surface area (Å²) in [6, 6.07) is 8.14. The van der Waals surface area contributed by atoms with Crippen LogP contribution in [-0.2, 0) is 0 Å². The Morgan fingerprint density at radius 2 is 2.10 bits per heavy atom. The Bertz CT molecular complexity index is 522. The van der Waals surface area contributed by atoms with E-state index in [-0.39, 0.29) is 12.6 Å². The standard InChI is InChI=1S/C13H19N5OS/c1-10-3-5-12(6-4-10)18-13(15-16-17-18)14-11(7-8-19)9-20-2/h3-6,11,19H,7-9H2,1-2H3,(H,14,15,17)/t11-/m0/s1. The maximum Gasteiger partial charge on any atom is 0.247 e. The number of anilines is 1. The number of tetrazole rings is 1. The lowest BCUT2D eigenvalue weighted by atomic mass is 10.2. The zero-order valence-corrected chi connectivity index (χ0v) is 12.5. The van der Waals surface area contributed by atoms with Gasteiger partial charge in [-0.1, -0.05) is 22.8 Å². The molecule has 2 N–H and O–H groups in total. The zero-order valence-electron chi connectivity index (χ0n) is 11.7. The molecule has 0 aliphatic carbocycles. The molecule has 0 unspecified atom stereocenters. The number of rotatable bonds is 7. The first kappa shape index (κ1) is 14.8. The molecule has 7 heteroatoms. The van der Waals surface area contributed by atoms with Crippen molar-refractivity contribution in [2.45, 2.75) is 19.4 Å². The van der Waals surface area contributed by atoms with Crippen LogP contribution in [0.2, 0.25) is 0 Å². The van der Waals surface area contributed by atoms with Crippen molar-refractivity contribution >= 4 is 17.7 Å². The van der Waals surface area contributed by atoms with Crippen molar-refractivity contribution < 1.29 is 5.11 Å². The molecule has 6 nitrogen and oxygen atoms in total. The molecule has 0 aliphatic heterocycles. The minimum absolute atomic E-state index is 0.143. The summed E-state index contributed by atoms with van der Waals surface area (Å²) >= 11 is 1.72. The van der Waals surface area contributed by atoms with Crippen molar-refractivity contribution in [2.75, 3.05) is 23.9 Å². The van der Waals surface area contributed by atoms with Gasteiger partial charge in [0.15, 0.2) is 0 Å². The Kier molecular flexibility index (Phi) is 5.37. The smallest absolute Gasteiger partial charge is 0.247 e. The molecule has 1 heterocycles. The third-order valence-corrected chi connectivity index (χ3v) is 3.66. The van der Waals surface area contributed by atoms with E-state index in [2.05, 4.69) is 20.8 Å². The highest BCUT2D eigenvalue weighted by Gasteiger charge is 2.13. The molecule has 2 rings (SSSR count). The van der Waals surface area contributed by atoms with Gasteiger partial charge in [0.1, 0.15) is 0 Å². The van der Waals surface area contributed by atoms with Gasteiger partial charge in [0.2, 0.25) is 5.95 Å². The van der Waals surface area contributed by atoms with Crippen LogP contribution in [0.3, 0.4) is 0 Å². The van der Waals surface area contributed by atoms with E-state index in [0.29, 0.717) is 12.4 Å². The number of benzene rings is 1. The predicted molar refractivity (Wildman–Crippen MR) is 81.4 cm³/mol. The number of hydrogen-bond donors (Lipinski definition) is 2. The molecule has 0 spiro atoms. The first-order valence-electron chi connectivity index (χ1n) is 6.46. The maximum atomic E-state index is 9.10. The van der Waals surface area contributed by atoms with Crippen molar-refractivity contribution in [1.29, 1.82) is 0 Å². The molecule has 1 atom stereocenters. The van der Waals surface area contributed by atoms with Crippen LogP contribution in [0.15, 0.2) is 24.3 Å². The second-order valence-corrected chi connectivity index (χ2v) is 5.47. The van der Waals surface area contributed by atoms with Gasteiger partial charge in [-0.25, -0.2) is 0 Å². The molecule has 2 aromatic rings. The number of aliphatic hydroxyl groups is 1. The number of nitrogens with one attached hydrogen (secondary N) is 1. The molecule has 0 aliphatic rings. The normalized spacial score (nSPS) is 12.3. The predicted octanol–water partition coefficient (Wildman–Crippen LogP) is 1.50. The maximum absolute atomic E-state index is 9.10. The molecule has 0 radical (unpaired) electrons. The lowest BCUT2D eigenvalue weighted by Crippen LogP contribution is -2.25. The molecule has 0 fully saturated rings. The Morgan fingerprint density at radius 3 is 2.75 bits per heavy atom. The monoisotopic (exact) mass is 293 g/mol. The molecule has 0 saturated heterocycles. The molecule has 0 saturated carbocycles. The molecule has 0 bridgehead atoms. The summed E-state index contributed by atoms with van der Waals surface area (Å²) < 4.78 is 1.67. The largest absolute Gasteiger partial charge is 0.396 e. The highest BCUT2D eigenvalue weighted by molar-refractivity contribution is 7.98. The average Bonchev–Trinajstić information content (AvgIpc) is 2.88. The van der Waals surface area contributed by atoms with E-state index in [1.165, 1.54) is 5.56 Å². The van der Waals surface area contributed by atoms with E-state index in [9.17, 15) is 0 Å². The van der Waals surface area contributed by atoms with E-state index in [4.69, 9.17) is 5.11 Å². The van der Waals surface area contributed by atoms with Gasteiger partial charge in [-0.05, 0) is 42.2 Å². The molecular formula is C13H19N5OS. The first-order chi connectivity index (χ1) is 9.74. The fourth-order valence-corrected chi connectivity index (χ4v) is 2.53. The van der Waals surface area contributed by atoms with Crippen LogP contribution in [0.4, 0.5) is 5.95 Å². The second kappa shape index (κ2) is 7.25. The summed E-state index contributed by atoms with van der Waals surface area (Å²) in [6.45, 7) is 2.18. The number of thioether (sulfide) groups is 1. The van der Waals surface area contributed by atoms with Gasteiger partial charge in [-0.3, -0.25) is 0 Å². The van der Waals surface area contributed by atoms with Crippen molar-refractivity contribution in [3.05, 3.63) is 29.8 Å². The number of aryl methyl sites for hydroxylation is 1. The third-order valence-electron chi connectivity index (χ3n) is 2.93. The number of hydrogen-bond acceptors (Lipinski definition) is 6. The van der Waals surface area contributed by atoms with Gasteiger partial charge in [-0.15, -0.1) is 0 Å². The van der Waals surface area contributed by atoms with Crippen molar-refractivity contribution in [3.63, 3.8) is 0 Å². The van der Waals surface area contributed by atoms with Crippen molar-refractivity contribution in [1.82, 2.24) is 20.2 Å². The van der Waals surface area contributed by atoms with Gasteiger partial charge in [0, 0.05) is 18.4 Å². The molecule has 0 amide bonds. The van der Waals surface area contributed by atoms with Crippen LogP contribution in [0, 0.1) is 6.92 Å². The fourth-order valence-electron chi connectivity index (χ4n) is 1.87. The number of nitrogens with zero attached hydrogens (tertiary/aromatic N) is 4. The minimum Gasteiger partial charge on any atom is -0.396 e. The van der Waals surface area contributed by atoms with Crippen LogP contribution >= 0.6 is 11.8 Å². The summed E-state index contributed by atoms with van der Waals surface area (Å²) in [5.41, 5.74) is 2.10. The van der Waals surface area contributed by atoms with Gasteiger partial charge in [0.25, 0.3) is 0 Å². The fraction of sp³-hybridized carbons (Fsp3) is 0.462. The van der Waals surface area contributed by atoms with Gasteiger partial charge in [0.05, 0.1) is 5.69 Å². The summed E-state index contributed by atoms with van der Waals surface area (Å²) in [5, 5.41) is 24.1. The average molecular weight is 293 g/mol. The summed E-state index contributed by atoms with van der Waals surface area (Å²) in [6.07, 6.45) is 2.70. The lowest BCUT2D eigenvalue weighted by Gasteiger charge is -2.16. The van der Waals surface area contributed by atoms with E-state index < -0.39 is 0 Å². The topological polar surface area (TPSA) is 75.9 Å². The lowest BCUT2D eigenvalue weighted by molar-refractivity contribution is 0.282. The third kappa shape index (κ3) is 3.71. The van der Waals surface area contributed by atoms with E-state index in [1.807, 2.05) is 37.4 Å². The Balaban J connectivity index is 2.17. The first-order valence-corrected chi connectivity index (χ1v) is 7.85. The van der Waals surface area contributed by atoms with Crippen molar-refractivity contribution in [3.8, 4) is 5.69 Å². The van der Waals surface area contributed by atoms with Crippen LogP contribution in [-0.4, -0.2) is 50.0 Å². The second-order valence-electron chi connectivity index (χ2n) is 4.56. The highest BCUT2D eigenvalue weighted by atomic mass is 32.2. The van der Waals surface area contributed by atoms with E-state index >= 15 is 0 Å².